The van der Waals surface area contributed by atoms with E-state index in [0.29, 0.717) is 25.1 Å². The van der Waals surface area contributed by atoms with E-state index in [2.05, 4.69) is 5.16 Å². The van der Waals surface area contributed by atoms with Crippen molar-refractivity contribution in [2.24, 2.45) is 5.16 Å². The van der Waals surface area contributed by atoms with Crippen molar-refractivity contribution in [2.45, 2.75) is 25.4 Å². The van der Waals surface area contributed by atoms with Crippen LogP contribution in [0.5, 0.6) is 0 Å². The summed E-state index contributed by atoms with van der Waals surface area (Å²) in [6.07, 6.45) is 0.756. The molecule has 4 rings (SSSR count). The molecule has 0 aromatic heterocycles. The highest BCUT2D eigenvalue weighted by molar-refractivity contribution is 6.01. The SMILES string of the molecule is CON=C1C[C@@H](CC(=O)N(C)Cc2ccccc2)N(C(=O)c2ccc(-c3ccccc3)cc2)C1. The number of hydrogen-bond donors (Lipinski definition) is 0. The molecule has 6 nitrogen and oxygen atoms in total. The van der Waals surface area contributed by atoms with E-state index in [1.807, 2.05) is 84.9 Å². The quantitative estimate of drug-likeness (QED) is 0.489. The fourth-order valence-corrected chi connectivity index (χ4v) is 4.29. The summed E-state index contributed by atoms with van der Waals surface area (Å²) in [7, 11) is 3.29. The minimum absolute atomic E-state index is 0.00949. The summed E-state index contributed by atoms with van der Waals surface area (Å²) >= 11 is 0. The van der Waals surface area contributed by atoms with Crippen LogP contribution >= 0.6 is 0 Å². The maximum atomic E-state index is 13.4. The first-order valence-corrected chi connectivity index (χ1v) is 11.4. The minimum Gasteiger partial charge on any atom is -0.399 e. The highest BCUT2D eigenvalue weighted by Crippen LogP contribution is 2.25. The topological polar surface area (TPSA) is 62.2 Å². The monoisotopic (exact) mass is 455 g/mol. The molecular weight excluding hydrogens is 426 g/mol. The maximum Gasteiger partial charge on any atom is 0.254 e. The van der Waals surface area contributed by atoms with Gasteiger partial charge in [-0.15, -0.1) is 0 Å². The van der Waals surface area contributed by atoms with Crippen molar-refractivity contribution in [1.29, 1.82) is 0 Å². The van der Waals surface area contributed by atoms with Gasteiger partial charge in [0.15, 0.2) is 0 Å². The van der Waals surface area contributed by atoms with E-state index >= 15 is 0 Å². The summed E-state index contributed by atoms with van der Waals surface area (Å²) < 4.78 is 0. The Morgan fingerprint density at radius 3 is 2.21 bits per heavy atom. The number of amides is 2. The van der Waals surface area contributed by atoms with Crippen molar-refractivity contribution in [3.63, 3.8) is 0 Å². The molecule has 174 valence electrons. The van der Waals surface area contributed by atoms with Gasteiger partial charge in [-0.25, -0.2) is 0 Å². The molecule has 2 amide bonds. The van der Waals surface area contributed by atoms with Crippen LogP contribution in [0.25, 0.3) is 11.1 Å². The van der Waals surface area contributed by atoms with Gasteiger partial charge in [0.05, 0.1) is 12.3 Å². The van der Waals surface area contributed by atoms with Crippen LogP contribution < -0.4 is 0 Å². The van der Waals surface area contributed by atoms with Crippen LogP contribution in [-0.4, -0.2) is 54.1 Å². The number of nitrogens with zero attached hydrogens (tertiary/aromatic N) is 3. The van der Waals surface area contributed by atoms with Crippen LogP contribution in [-0.2, 0) is 16.2 Å². The Morgan fingerprint density at radius 2 is 1.56 bits per heavy atom. The third-order valence-corrected chi connectivity index (χ3v) is 6.08. The van der Waals surface area contributed by atoms with E-state index in [4.69, 9.17) is 4.84 Å². The van der Waals surface area contributed by atoms with Gasteiger partial charge in [0, 0.05) is 38.0 Å². The summed E-state index contributed by atoms with van der Waals surface area (Å²) in [4.78, 5) is 34.8. The fourth-order valence-electron chi connectivity index (χ4n) is 4.29. The van der Waals surface area contributed by atoms with E-state index in [-0.39, 0.29) is 24.3 Å². The Labute approximate surface area is 200 Å². The predicted octanol–water partition coefficient (Wildman–Crippen LogP) is 4.62. The van der Waals surface area contributed by atoms with Crippen LogP contribution in [0.2, 0.25) is 0 Å². The lowest BCUT2D eigenvalue weighted by molar-refractivity contribution is -0.131. The van der Waals surface area contributed by atoms with Gasteiger partial charge in [0.25, 0.3) is 5.91 Å². The number of likely N-dealkylation sites (tertiary alicyclic amines) is 1. The lowest BCUT2D eigenvalue weighted by atomic mass is 10.0. The summed E-state index contributed by atoms with van der Waals surface area (Å²) in [5, 5.41) is 4.07. The van der Waals surface area contributed by atoms with Crippen molar-refractivity contribution in [2.75, 3.05) is 20.7 Å². The zero-order valence-corrected chi connectivity index (χ0v) is 19.6. The molecule has 0 unspecified atom stereocenters. The Kier molecular flexibility index (Phi) is 7.38. The average Bonchev–Trinajstić information content (AvgIpc) is 3.27. The van der Waals surface area contributed by atoms with E-state index in [0.717, 1.165) is 22.4 Å². The molecule has 34 heavy (non-hydrogen) atoms. The molecule has 0 saturated carbocycles. The number of carbonyl (C=O) groups excluding carboxylic acids is 2. The second kappa shape index (κ2) is 10.8. The van der Waals surface area contributed by atoms with Crippen LogP contribution in [0.3, 0.4) is 0 Å². The second-order valence-electron chi connectivity index (χ2n) is 8.51. The third-order valence-electron chi connectivity index (χ3n) is 6.08. The van der Waals surface area contributed by atoms with Gasteiger partial charge >= 0.3 is 0 Å². The number of carbonyl (C=O) groups is 2. The number of hydrogen-bond acceptors (Lipinski definition) is 4. The second-order valence-corrected chi connectivity index (χ2v) is 8.51. The fraction of sp³-hybridized carbons (Fsp3) is 0.250. The number of benzene rings is 3. The van der Waals surface area contributed by atoms with Crippen molar-refractivity contribution in [1.82, 2.24) is 9.80 Å². The standard InChI is InChI=1S/C28H29N3O3/c1-30(19-21-9-5-3-6-10-21)27(32)18-26-17-25(29-34-2)20-31(26)28(33)24-15-13-23(14-16-24)22-11-7-4-8-12-22/h3-16,26H,17-20H2,1-2H3/t26-/m0/s1. The summed E-state index contributed by atoms with van der Waals surface area (Å²) in [5.74, 6) is -0.117. The van der Waals surface area contributed by atoms with E-state index in [9.17, 15) is 9.59 Å². The molecule has 0 bridgehead atoms. The van der Waals surface area contributed by atoms with Gasteiger partial charge in [-0.05, 0) is 28.8 Å². The zero-order valence-electron chi connectivity index (χ0n) is 19.6. The maximum absolute atomic E-state index is 13.4. The molecule has 1 aliphatic heterocycles. The molecule has 1 saturated heterocycles. The predicted molar refractivity (Wildman–Crippen MR) is 133 cm³/mol. The van der Waals surface area contributed by atoms with E-state index in [1.165, 1.54) is 7.11 Å². The van der Waals surface area contributed by atoms with Gasteiger partial charge in [-0.3, -0.25) is 9.59 Å². The summed E-state index contributed by atoms with van der Waals surface area (Å²) in [6, 6.07) is 27.2. The molecule has 0 aliphatic carbocycles. The minimum atomic E-state index is -0.263. The lowest BCUT2D eigenvalue weighted by Crippen LogP contribution is -2.39. The first-order chi connectivity index (χ1) is 16.5. The molecule has 3 aromatic carbocycles. The molecule has 1 atom stereocenters. The average molecular weight is 456 g/mol. The van der Waals surface area contributed by atoms with Gasteiger partial charge in [-0.1, -0.05) is 78.0 Å². The Hall–Kier alpha value is -3.93. The molecule has 0 N–H and O–H groups in total. The first kappa shape index (κ1) is 23.2. The molecule has 0 spiro atoms. The summed E-state index contributed by atoms with van der Waals surface area (Å²) in [6.45, 7) is 0.883. The van der Waals surface area contributed by atoms with Crippen LogP contribution in [0.1, 0.15) is 28.8 Å². The van der Waals surface area contributed by atoms with Crippen LogP contribution in [0, 0.1) is 0 Å². The Balaban J connectivity index is 1.47. The zero-order chi connectivity index (χ0) is 23.9. The molecule has 1 aliphatic rings. The molecule has 0 radical (unpaired) electrons. The van der Waals surface area contributed by atoms with Gasteiger partial charge in [0.2, 0.25) is 5.91 Å². The molecular formula is C28H29N3O3. The van der Waals surface area contributed by atoms with Crippen molar-refractivity contribution >= 4 is 17.5 Å². The van der Waals surface area contributed by atoms with Crippen molar-refractivity contribution in [3.05, 3.63) is 96.1 Å². The molecule has 1 fully saturated rings. The molecule has 6 heteroatoms. The van der Waals surface area contributed by atoms with E-state index in [1.54, 1.807) is 16.8 Å². The third kappa shape index (κ3) is 5.52. The number of rotatable bonds is 7. The van der Waals surface area contributed by atoms with Gasteiger partial charge in [0.1, 0.15) is 7.11 Å². The number of oxime groups is 1. The highest BCUT2D eigenvalue weighted by atomic mass is 16.6. The lowest BCUT2D eigenvalue weighted by Gasteiger charge is -2.26. The summed E-state index contributed by atoms with van der Waals surface area (Å²) in [5.41, 5.74) is 4.57. The van der Waals surface area contributed by atoms with Crippen LogP contribution in [0.15, 0.2) is 90.1 Å². The van der Waals surface area contributed by atoms with Gasteiger partial charge in [-0.2, -0.15) is 0 Å². The van der Waals surface area contributed by atoms with Crippen LogP contribution in [0.4, 0.5) is 0 Å². The smallest absolute Gasteiger partial charge is 0.254 e. The molecule has 1 heterocycles. The Morgan fingerprint density at radius 1 is 0.941 bits per heavy atom. The van der Waals surface area contributed by atoms with Crippen molar-refractivity contribution < 1.29 is 14.4 Å². The first-order valence-electron chi connectivity index (χ1n) is 11.4. The Bertz CT molecular complexity index is 1140. The molecule has 3 aromatic rings. The normalized spacial score (nSPS) is 16.5. The van der Waals surface area contributed by atoms with E-state index < -0.39 is 0 Å². The largest absolute Gasteiger partial charge is 0.399 e. The highest BCUT2D eigenvalue weighted by Gasteiger charge is 2.35. The van der Waals surface area contributed by atoms with Gasteiger partial charge < -0.3 is 14.6 Å². The van der Waals surface area contributed by atoms with Crippen molar-refractivity contribution in [3.8, 4) is 11.1 Å².